The van der Waals surface area contributed by atoms with E-state index in [9.17, 15) is 18.0 Å². The van der Waals surface area contributed by atoms with Crippen molar-refractivity contribution in [3.05, 3.63) is 71.6 Å². The predicted molar refractivity (Wildman–Crippen MR) is 99.7 cm³/mol. The van der Waals surface area contributed by atoms with E-state index in [1.54, 1.807) is 31.2 Å². The van der Waals surface area contributed by atoms with Crippen LogP contribution in [0.1, 0.15) is 18.9 Å². The molecule has 1 atom stereocenters. The Morgan fingerprint density at radius 1 is 1.15 bits per heavy atom. The summed E-state index contributed by atoms with van der Waals surface area (Å²) in [6, 6.07) is 10.2. The Morgan fingerprint density at radius 2 is 1.93 bits per heavy atom. The van der Waals surface area contributed by atoms with Gasteiger partial charge in [-0.1, -0.05) is 18.2 Å². The van der Waals surface area contributed by atoms with Crippen molar-refractivity contribution in [2.75, 3.05) is 24.5 Å². The molecule has 1 fully saturated rings. The summed E-state index contributed by atoms with van der Waals surface area (Å²) in [6.45, 7) is 3.54. The molecule has 0 aromatic heterocycles. The van der Waals surface area contributed by atoms with Gasteiger partial charge in [0.2, 0.25) is 5.91 Å². The van der Waals surface area contributed by atoms with Crippen molar-refractivity contribution in [1.29, 1.82) is 0 Å². The number of benzene rings is 2. The van der Waals surface area contributed by atoms with Crippen molar-refractivity contribution >= 4 is 17.2 Å². The lowest BCUT2D eigenvalue weighted by molar-refractivity contribution is -0.116. The van der Waals surface area contributed by atoms with E-state index < -0.39 is 11.6 Å². The minimum Gasteiger partial charge on any atom is -0.371 e. The molecular formula is C21H21F3N2O. The lowest BCUT2D eigenvalue weighted by Crippen LogP contribution is -2.30. The highest BCUT2D eigenvalue weighted by Crippen LogP contribution is 2.25. The molecule has 1 unspecified atom stereocenters. The Balaban J connectivity index is 1.53. The molecule has 2 aromatic rings. The molecule has 1 aliphatic heterocycles. The number of nitrogens with one attached hydrogen (secondary N) is 1. The second-order valence-electron chi connectivity index (χ2n) is 6.75. The standard InChI is InChI=1S/C21H21F3N2O/c1-14(17-4-2-3-5-18(17)22)10-21(27)25-12-15-8-9-26(13-15)16-6-7-19(23)20(24)11-16/h2-7,10-11,15H,8-9,12-13H2,1H3,(H,25,27)/b14-10+. The number of amides is 1. The Kier molecular flexibility index (Phi) is 5.84. The Morgan fingerprint density at radius 3 is 2.67 bits per heavy atom. The molecule has 0 radical (unpaired) electrons. The zero-order chi connectivity index (χ0) is 19.4. The molecule has 27 heavy (non-hydrogen) atoms. The number of nitrogens with zero attached hydrogens (tertiary/aromatic N) is 1. The van der Waals surface area contributed by atoms with Crippen LogP contribution in [0.4, 0.5) is 18.9 Å². The zero-order valence-electron chi connectivity index (χ0n) is 15.0. The van der Waals surface area contributed by atoms with Crippen molar-refractivity contribution in [3.63, 3.8) is 0 Å². The van der Waals surface area contributed by atoms with Crippen LogP contribution in [0.2, 0.25) is 0 Å². The summed E-state index contributed by atoms with van der Waals surface area (Å²) in [7, 11) is 0. The van der Waals surface area contributed by atoms with Gasteiger partial charge in [-0.05, 0) is 43.0 Å². The normalized spacial score (nSPS) is 17.3. The number of anilines is 1. The van der Waals surface area contributed by atoms with Gasteiger partial charge in [0.05, 0.1) is 0 Å². The molecule has 3 nitrogen and oxygen atoms in total. The third-order valence-corrected chi connectivity index (χ3v) is 4.77. The first-order chi connectivity index (χ1) is 12.9. The molecule has 6 heteroatoms. The number of halogens is 3. The molecule has 1 N–H and O–H groups in total. The quantitative estimate of drug-likeness (QED) is 0.798. The Labute approximate surface area is 156 Å². The minimum absolute atomic E-state index is 0.212. The molecule has 3 rings (SSSR count). The summed E-state index contributed by atoms with van der Waals surface area (Å²) < 4.78 is 40.2. The van der Waals surface area contributed by atoms with Crippen LogP contribution in [-0.2, 0) is 4.79 Å². The fraction of sp³-hybridized carbons (Fsp3) is 0.286. The van der Waals surface area contributed by atoms with E-state index in [2.05, 4.69) is 5.32 Å². The van der Waals surface area contributed by atoms with Crippen LogP contribution in [0, 0.1) is 23.4 Å². The summed E-state index contributed by atoms with van der Waals surface area (Å²) in [4.78, 5) is 14.1. The minimum atomic E-state index is -0.863. The molecule has 1 amide bonds. The van der Waals surface area contributed by atoms with Crippen LogP contribution in [0.15, 0.2) is 48.5 Å². The maximum absolute atomic E-state index is 13.8. The van der Waals surface area contributed by atoms with E-state index in [0.29, 0.717) is 29.9 Å². The maximum atomic E-state index is 13.8. The van der Waals surface area contributed by atoms with E-state index in [1.165, 1.54) is 18.2 Å². The van der Waals surface area contributed by atoms with Crippen molar-refractivity contribution in [1.82, 2.24) is 5.32 Å². The first-order valence-electron chi connectivity index (χ1n) is 8.85. The molecular weight excluding hydrogens is 353 g/mol. The van der Waals surface area contributed by atoms with Gasteiger partial charge in [-0.2, -0.15) is 0 Å². The summed E-state index contributed by atoms with van der Waals surface area (Å²) in [5.41, 5.74) is 1.59. The summed E-state index contributed by atoms with van der Waals surface area (Å²) in [5, 5.41) is 2.84. The van der Waals surface area contributed by atoms with E-state index in [-0.39, 0.29) is 17.6 Å². The second-order valence-corrected chi connectivity index (χ2v) is 6.75. The smallest absolute Gasteiger partial charge is 0.244 e. The number of rotatable bonds is 5. The van der Waals surface area contributed by atoms with Crippen molar-refractivity contribution in [2.45, 2.75) is 13.3 Å². The topological polar surface area (TPSA) is 32.3 Å². The van der Waals surface area contributed by atoms with Gasteiger partial charge in [-0.25, -0.2) is 13.2 Å². The average molecular weight is 374 g/mol. The second kappa shape index (κ2) is 8.29. The van der Waals surface area contributed by atoms with Gasteiger partial charge in [0.1, 0.15) is 5.82 Å². The molecule has 1 aliphatic rings. The zero-order valence-corrected chi connectivity index (χ0v) is 15.0. The van der Waals surface area contributed by atoms with Gasteiger partial charge in [0.25, 0.3) is 0 Å². The van der Waals surface area contributed by atoms with Crippen LogP contribution >= 0.6 is 0 Å². The molecule has 142 valence electrons. The van der Waals surface area contributed by atoms with Gasteiger partial charge < -0.3 is 10.2 Å². The number of hydrogen-bond donors (Lipinski definition) is 1. The van der Waals surface area contributed by atoms with Gasteiger partial charge in [0.15, 0.2) is 11.6 Å². The Hall–Kier alpha value is -2.76. The first kappa shape index (κ1) is 19.0. The number of carbonyl (C=O) groups is 1. The largest absolute Gasteiger partial charge is 0.371 e. The number of hydrogen-bond acceptors (Lipinski definition) is 2. The lowest BCUT2D eigenvalue weighted by atomic mass is 10.1. The van der Waals surface area contributed by atoms with E-state index in [4.69, 9.17) is 0 Å². The van der Waals surface area contributed by atoms with E-state index in [0.717, 1.165) is 19.0 Å². The average Bonchev–Trinajstić information content (AvgIpc) is 3.11. The summed E-state index contributed by atoms with van der Waals surface area (Å²) in [6.07, 6.45) is 2.23. The number of carbonyl (C=O) groups excluding carboxylic acids is 1. The van der Waals surface area contributed by atoms with Gasteiger partial charge >= 0.3 is 0 Å². The number of allylic oxidation sites excluding steroid dienone is 1. The van der Waals surface area contributed by atoms with Crippen molar-refractivity contribution in [2.24, 2.45) is 5.92 Å². The highest BCUT2D eigenvalue weighted by atomic mass is 19.2. The monoisotopic (exact) mass is 374 g/mol. The molecule has 0 saturated carbocycles. The third-order valence-electron chi connectivity index (χ3n) is 4.77. The molecule has 0 bridgehead atoms. The molecule has 2 aromatic carbocycles. The van der Waals surface area contributed by atoms with Crippen LogP contribution in [0.3, 0.4) is 0 Å². The SMILES string of the molecule is C/C(=C\C(=O)NCC1CCN(c2ccc(F)c(F)c2)C1)c1ccccc1F. The third kappa shape index (κ3) is 4.70. The van der Waals surface area contributed by atoms with Crippen molar-refractivity contribution < 1.29 is 18.0 Å². The van der Waals surface area contributed by atoms with Crippen LogP contribution < -0.4 is 10.2 Å². The van der Waals surface area contributed by atoms with Gasteiger partial charge in [0, 0.05) is 43.0 Å². The highest BCUT2D eigenvalue weighted by molar-refractivity contribution is 5.94. The summed E-state index contributed by atoms with van der Waals surface area (Å²) >= 11 is 0. The van der Waals surface area contributed by atoms with Crippen LogP contribution in [0.25, 0.3) is 5.57 Å². The van der Waals surface area contributed by atoms with Gasteiger partial charge in [-0.3, -0.25) is 4.79 Å². The van der Waals surface area contributed by atoms with Crippen molar-refractivity contribution in [3.8, 4) is 0 Å². The van der Waals surface area contributed by atoms with Crippen LogP contribution in [-0.4, -0.2) is 25.5 Å². The summed E-state index contributed by atoms with van der Waals surface area (Å²) in [5.74, 6) is -2.15. The Bertz CT molecular complexity index is 866. The molecule has 1 heterocycles. The maximum Gasteiger partial charge on any atom is 0.244 e. The predicted octanol–water partition coefficient (Wildman–Crippen LogP) is 4.15. The lowest BCUT2D eigenvalue weighted by Gasteiger charge is -2.19. The molecule has 1 saturated heterocycles. The van der Waals surface area contributed by atoms with Crippen LogP contribution in [0.5, 0.6) is 0 Å². The molecule has 0 aliphatic carbocycles. The fourth-order valence-electron chi connectivity index (χ4n) is 3.27. The fourth-order valence-corrected chi connectivity index (χ4v) is 3.27. The van der Waals surface area contributed by atoms with E-state index in [1.807, 2.05) is 4.90 Å². The van der Waals surface area contributed by atoms with Gasteiger partial charge in [-0.15, -0.1) is 0 Å². The first-order valence-corrected chi connectivity index (χ1v) is 8.85. The highest BCUT2D eigenvalue weighted by Gasteiger charge is 2.23. The van der Waals surface area contributed by atoms with E-state index >= 15 is 0 Å². The molecule has 0 spiro atoms.